The summed E-state index contributed by atoms with van der Waals surface area (Å²) < 4.78 is 24.2. The molecule has 0 saturated carbocycles. The predicted octanol–water partition coefficient (Wildman–Crippen LogP) is 4.16. The van der Waals surface area contributed by atoms with Crippen LogP contribution in [0.5, 0.6) is 17.4 Å². The highest BCUT2D eigenvalue weighted by Crippen LogP contribution is 2.25. The van der Waals surface area contributed by atoms with Crippen LogP contribution in [0.4, 0.5) is 20.7 Å². The van der Waals surface area contributed by atoms with E-state index in [2.05, 4.69) is 20.2 Å². The number of rotatable bonds is 5. The molecule has 0 radical (unpaired) electrons. The first-order valence-electron chi connectivity index (χ1n) is 10.2. The molecule has 1 N–H and O–H groups in total. The fourth-order valence-electron chi connectivity index (χ4n) is 3.55. The molecule has 32 heavy (non-hydrogen) atoms. The number of anilines is 2. The van der Waals surface area contributed by atoms with Crippen LogP contribution in [0.1, 0.15) is 6.92 Å². The fraction of sp³-hybridized carbons (Fsp3) is 0.261. The van der Waals surface area contributed by atoms with Crippen molar-refractivity contribution in [1.82, 2.24) is 14.9 Å². The first-order chi connectivity index (χ1) is 15.5. The minimum absolute atomic E-state index is 0.0375. The van der Waals surface area contributed by atoms with E-state index in [1.54, 1.807) is 54.5 Å². The van der Waals surface area contributed by atoms with Gasteiger partial charge in [0, 0.05) is 43.5 Å². The van der Waals surface area contributed by atoms with Crippen molar-refractivity contribution in [1.29, 1.82) is 0 Å². The SMILES string of the molecule is COc1ccc(NC(=O)N2CCN(c3cc(Oc4cccc(F)c4)ncn3)C[C@H]2C)cc1. The molecule has 166 valence electrons. The van der Waals surface area contributed by atoms with Gasteiger partial charge >= 0.3 is 6.03 Å². The zero-order chi connectivity index (χ0) is 22.5. The average Bonchev–Trinajstić information content (AvgIpc) is 2.79. The quantitative estimate of drug-likeness (QED) is 0.646. The summed E-state index contributed by atoms with van der Waals surface area (Å²) in [7, 11) is 1.60. The molecule has 1 fully saturated rings. The van der Waals surface area contributed by atoms with Crippen LogP contribution >= 0.6 is 0 Å². The molecule has 1 aliphatic heterocycles. The maximum absolute atomic E-state index is 13.4. The first-order valence-corrected chi connectivity index (χ1v) is 10.2. The molecule has 9 heteroatoms. The topological polar surface area (TPSA) is 79.8 Å². The summed E-state index contributed by atoms with van der Waals surface area (Å²) in [4.78, 5) is 25.1. The van der Waals surface area contributed by atoms with Gasteiger partial charge in [-0.3, -0.25) is 0 Å². The number of carbonyl (C=O) groups excluding carboxylic acids is 1. The van der Waals surface area contributed by atoms with Gasteiger partial charge in [-0.2, -0.15) is 0 Å². The Morgan fingerprint density at radius 1 is 1.09 bits per heavy atom. The van der Waals surface area contributed by atoms with Crippen LogP contribution in [0.15, 0.2) is 60.9 Å². The van der Waals surface area contributed by atoms with E-state index in [1.165, 1.54) is 18.5 Å². The highest BCUT2D eigenvalue weighted by Gasteiger charge is 2.28. The number of nitrogens with zero attached hydrogens (tertiary/aromatic N) is 4. The van der Waals surface area contributed by atoms with Crippen molar-refractivity contribution in [3.05, 3.63) is 66.7 Å². The van der Waals surface area contributed by atoms with Crippen LogP contribution < -0.4 is 19.7 Å². The van der Waals surface area contributed by atoms with E-state index >= 15 is 0 Å². The second kappa shape index (κ2) is 9.51. The Morgan fingerprint density at radius 2 is 1.91 bits per heavy atom. The Morgan fingerprint density at radius 3 is 2.62 bits per heavy atom. The summed E-state index contributed by atoms with van der Waals surface area (Å²) in [5.41, 5.74) is 0.709. The van der Waals surface area contributed by atoms with Crippen LogP contribution in [0, 0.1) is 5.82 Å². The van der Waals surface area contributed by atoms with Gasteiger partial charge in [-0.15, -0.1) is 0 Å². The van der Waals surface area contributed by atoms with Crippen LogP contribution in [0.2, 0.25) is 0 Å². The van der Waals surface area contributed by atoms with Gasteiger partial charge in [0.1, 0.15) is 29.5 Å². The van der Waals surface area contributed by atoms with Gasteiger partial charge in [-0.25, -0.2) is 19.2 Å². The molecular formula is C23H24FN5O3. The summed E-state index contributed by atoms with van der Waals surface area (Å²) in [6.07, 6.45) is 1.41. The smallest absolute Gasteiger partial charge is 0.322 e. The van der Waals surface area contributed by atoms with E-state index in [-0.39, 0.29) is 17.9 Å². The van der Waals surface area contributed by atoms with Crippen LogP contribution in [-0.4, -0.2) is 53.7 Å². The third-order valence-electron chi connectivity index (χ3n) is 5.20. The molecular weight excluding hydrogens is 413 g/mol. The third-order valence-corrected chi connectivity index (χ3v) is 5.20. The molecule has 2 heterocycles. The summed E-state index contributed by atoms with van der Waals surface area (Å²) in [6.45, 7) is 3.74. The molecule has 1 aliphatic rings. The first kappa shape index (κ1) is 21.4. The molecule has 8 nitrogen and oxygen atoms in total. The highest BCUT2D eigenvalue weighted by molar-refractivity contribution is 5.89. The number of amides is 2. The lowest BCUT2D eigenvalue weighted by atomic mass is 10.2. The molecule has 4 rings (SSSR count). The van der Waals surface area contributed by atoms with Gasteiger partial charge in [0.25, 0.3) is 0 Å². The molecule has 3 aromatic rings. The second-order valence-corrected chi connectivity index (χ2v) is 7.42. The van der Waals surface area contributed by atoms with Gasteiger partial charge in [-0.05, 0) is 43.3 Å². The largest absolute Gasteiger partial charge is 0.497 e. The molecule has 1 saturated heterocycles. The van der Waals surface area contributed by atoms with Gasteiger partial charge < -0.3 is 24.6 Å². The number of hydrogen-bond acceptors (Lipinski definition) is 6. The molecule has 2 amide bonds. The second-order valence-electron chi connectivity index (χ2n) is 7.42. The van der Waals surface area contributed by atoms with Gasteiger partial charge in [0.15, 0.2) is 0 Å². The van der Waals surface area contributed by atoms with Crippen molar-refractivity contribution >= 4 is 17.5 Å². The Kier molecular flexibility index (Phi) is 6.34. The van der Waals surface area contributed by atoms with E-state index in [4.69, 9.17) is 9.47 Å². The van der Waals surface area contributed by atoms with E-state index < -0.39 is 0 Å². The number of carbonyl (C=O) groups is 1. The molecule has 0 aliphatic carbocycles. The number of benzene rings is 2. The molecule has 0 unspecified atom stereocenters. The Balaban J connectivity index is 1.38. The van der Waals surface area contributed by atoms with Crippen molar-refractivity contribution in [3.8, 4) is 17.4 Å². The zero-order valence-electron chi connectivity index (χ0n) is 17.9. The number of piperazine rings is 1. The Labute approximate surface area is 185 Å². The van der Waals surface area contributed by atoms with Crippen molar-refractivity contribution in [3.63, 3.8) is 0 Å². The molecule has 0 bridgehead atoms. The summed E-state index contributed by atoms with van der Waals surface area (Å²) >= 11 is 0. The molecule has 1 aromatic heterocycles. The van der Waals surface area contributed by atoms with Crippen molar-refractivity contribution in [2.75, 3.05) is 37.0 Å². The van der Waals surface area contributed by atoms with Crippen molar-refractivity contribution < 1.29 is 18.7 Å². The number of hydrogen-bond donors (Lipinski definition) is 1. The molecule has 2 aromatic carbocycles. The lowest BCUT2D eigenvalue weighted by Crippen LogP contribution is -2.55. The molecule has 1 atom stereocenters. The maximum Gasteiger partial charge on any atom is 0.322 e. The van der Waals surface area contributed by atoms with E-state index in [1.807, 2.05) is 6.92 Å². The normalized spacial score (nSPS) is 15.9. The van der Waals surface area contributed by atoms with E-state index in [0.29, 0.717) is 42.8 Å². The minimum Gasteiger partial charge on any atom is -0.497 e. The van der Waals surface area contributed by atoms with Gasteiger partial charge in [-0.1, -0.05) is 6.07 Å². The number of ether oxygens (including phenoxy) is 2. The third kappa shape index (κ3) is 5.05. The summed E-state index contributed by atoms with van der Waals surface area (Å²) in [5, 5.41) is 2.93. The van der Waals surface area contributed by atoms with Crippen molar-refractivity contribution in [2.24, 2.45) is 0 Å². The van der Waals surface area contributed by atoms with Crippen LogP contribution in [0.3, 0.4) is 0 Å². The zero-order valence-corrected chi connectivity index (χ0v) is 17.9. The van der Waals surface area contributed by atoms with E-state index in [0.717, 1.165) is 5.75 Å². The number of aromatic nitrogens is 2. The summed E-state index contributed by atoms with van der Waals surface area (Å²) in [5.74, 6) is 1.73. The highest BCUT2D eigenvalue weighted by atomic mass is 19.1. The predicted molar refractivity (Wildman–Crippen MR) is 119 cm³/mol. The van der Waals surface area contributed by atoms with Gasteiger partial charge in [0.2, 0.25) is 5.88 Å². The van der Waals surface area contributed by atoms with E-state index in [9.17, 15) is 9.18 Å². The fourth-order valence-corrected chi connectivity index (χ4v) is 3.55. The minimum atomic E-state index is -0.380. The Hall–Kier alpha value is -3.88. The monoisotopic (exact) mass is 437 g/mol. The maximum atomic E-state index is 13.4. The molecule has 0 spiro atoms. The Bertz CT molecular complexity index is 1080. The van der Waals surface area contributed by atoms with Crippen LogP contribution in [-0.2, 0) is 0 Å². The average molecular weight is 437 g/mol. The number of methoxy groups -OCH3 is 1. The number of urea groups is 1. The lowest BCUT2D eigenvalue weighted by Gasteiger charge is -2.40. The standard InChI is InChI=1S/C23H24FN5O3/c1-16-14-28(10-11-29(16)23(30)27-18-6-8-19(31-2)9-7-18)21-13-22(26-15-25-21)32-20-5-3-4-17(24)12-20/h3-9,12-13,15-16H,10-11,14H2,1-2H3,(H,27,30)/t16-/m1/s1. The van der Waals surface area contributed by atoms with Gasteiger partial charge in [0.05, 0.1) is 7.11 Å². The van der Waals surface area contributed by atoms with Crippen molar-refractivity contribution in [2.45, 2.75) is 13.0 Å². The summed E-state index contributed by atoms with van der Waals surface area (Å²) in [6, 6.07) is 14.6. The number of halogens is 1. The lowest BCUT2D eigenvalue weighted by molar-refractivity contribution is 0.184. The van der Waals surface area contributed by atoms with Crippen LogP contribution in [0.25, 0.3) is 0 Å². The number of nitrogens with one attached hydrogen (secondary N) is 1.